The largest absolute Gasteiger partial charge is 0.398 e. The van der Waals surface area contributed by atoms with Crippen LogP contribution < -0.4 is 11.1 Å². The molecule has 1 aromatic carbocycles. The minimum atomic E-state index is 0.300. The van der Waals surface area contributed by atoms with Crippen LogP contribution in [0.15, 0.2) is 24.4 Å². The van der Waals surface area contributed by atoms with E-state index in [2.05, 4.69) is 50.1 Å². The molecule has 0 aliphatic heterocycles. The van der Waals surface area contributed by atoms with Crippen molar-refractivity contribution in [1.82, 2.24) is 4.98 Å². The van der Waals surface area contributed by atoms with E-state index < -0.39 is 0 Å². The maximum atomic E-state index is 6.03. The number of pyridine rings is 1. The average molecular weight is 271 g/mol. The van der Waals surface area contributed by atoms with Crippen molar-refractivity contribution in [3.05, 3.63) is 30.1 Å². The fraction of sp³-hybridized carbons (Fsp3) is 0.471. The highest BCUT2D eigenvalue weighted by Crippen LogP contribution is 2.30. The first-order valence-corrected chi connectivity index (χ1v) is 7.18. The number of fused-ring (bicyclic) bond motifs is 1. The van der Waals surface area contributed by atoms with Gasteiger partial charge >= 0.3 is 0 Å². The lowest BCUT2D eigenvalue weighted by atomic mass is 9.82. The summed E-state index contributed by atoms with van der Waals surface area (Å²) in [5.41, 5.74) is 9.26. The van der Waals surface area contributed by atoms with Crippen LogP contribution in [0.25, 0.3) is 10.8 Å². The van der Waals surface area contributed by atoms with Crippen LogP contribution in [0.4, 0.5) is 11.4 Å². The molecule has 0 aliphatic carbocycles. The number of rotatable bonds is 3. The van der Waals surface area contributed by atoms with Crippen LogP contribution in [0, 0.1) is 18.3 Å². The van der Waals surface area contributed by atoms with Crippen LogP contribution >= 0.6 is 0 Å². The summed E-state index contributed by atoms with van der Waals surface area (Å²) in [5.74, 6) is 0.582. The molecule has 1 aromatic heterocycles. The highest BCUT2D eigenvalue weighted by Gasteiger charge is 2.19. The molecule has 3 nitrogen and oxygen atoms in total. The van der Waals surface area contributed by atoms with E-state index in [0.717, 1.165) is 34.4 Å². The molecule has 1 atom stereocenters. The molecule has 1 unspecified atom stereocenters. The van der Waals surface area contributed by atoms with E-state index in [1.54, 1.807) is 0 Å². The Bertz CT molecular complexity index is 611. The molecule has 0 saturated carbocycles. The molecule has 2 rings (SSSR count). The van der Waals surface area contributed by atoms with Crippen molar-refractivity contribution in [2.45, 2.75) is 34.6 Å². The molecule has 2 aromatic rings. The van der Waals surface area contributed by atoms with Crippen molar-refractivity contribution in [1.29, 1.82) is 0 Å². The van der Waals surface area contributed by atoms with Gasteiger partial charge in [-0.25, -0.2) is 0 Å². The van der Waals surface area contributed by atoms with Gasteiger partial charge in [0.1, 0.15) is 0 Å². The summed E-state index contributed by atoms with van der Waals surface area (Å²) >= 11 is 0. The monoisotopic (exact) mass is 271 g/mol. The summed E-state index contributed by atoms with van der Waals surface area (Å²) in [6.45, 7) is 12.0. The Labute approximate surface area is 121 Å². The SMILES string of the molecule is Cc1cc2c(NCC(C)C(C)(C)C)ccc(N)c2cn1. The lowest BCUT2D eigenvalue weighted by Gasteiger charge is -2.28. The Morgan fingerprint density at radius 3 is 2.60 bits per heavy atom. The van der Waals surface area contributed by atoms with Crippen LogP contribution in [-0.2, 0) is 0 Å². The van der Waals surface area contributed by atoms with Crippen LogP contribution in [0.2, 0.25) is 0 Å². The quantitative estimate of drug-likeness (QED) is 0.822. The number of hydrogen-bond donors (Lipinski definition) is 2. The van der Waals surface area contributed by atoms with Crippen LogP contribution in [-0.4, -0.2) is 11.5 Å². The van der Waals surface area contributed by atoms with Crippen molar-refractivity contribution in [3.63, 3.8) is 0 Å². The highest BCUT2D eigenvalue weighted by atomic mass is 14.9. The summed E-state index contributed by atoms with van der Waals surface area (Å²) < 4.78 is 0. The normalized spacial score (nSPS) is 13.4. The van der Waals surface area contributed by atoms with Gasteiger partial charge in [-0.05, 0) is 36.5 Å². The van der Waals surface area contributed by atoms with E-state index in [-0.39, 0.29) is 0 Å². The minimum absolute atomic E-state index is 0.300. The van der Waals surface area contributed by atoms with Crippen LogP contribution in [0.1, 0.15) is 33.4 Å². The predicted molar refractivity (Wildman–Crippen MR) is 88.0 cm³/mol. The van der Waals surface area contributed by atoms with E-state index in [0.29, 0.717) is 11.3 Å². The van der Waals surface area contributed by atoms with Gasteiger partial charge in [0.05, 0.1) is 0 Å². The van der Waals surface area contributed by atoms with E-state index in [9.17, 15) is 0 Å². The summed E-state index contributed by atoms with van der Waals surface area (Å²) in [4.78, 5) is 4.34. The molecule has 0 bridgehead atoms. The second-order valence-corrected chi connectivity index (χ2v) is 6.72. The van der Waals surface area contributed by atoms with Gasteiger partial charge in [0.25, 0.3) is 0 Å². The molecular weight excluding hydrogens is 246 g/mol. The van der Waals surface area contributed by atoms with Gasteiger partial charge in [-0.15, -0.1) is 0 Å². The zero-order chi connectivity index (χ0) is 14.9. The van der Waals surface area contributed by atoms with Gasteiger partial charge < -0.3 is 11.1 Å². The molecule has 20 heavy (non-hydrogen) atoms. The first-order chi connectivity index (χ1) is 9.29. The fourth-order valence-corrected chi connectivity index (χ4v) is 2.09. The zero-order valence-electron chi connectivity index (χ0n) is 13.1. The molecular formula is C17H25N3. The standard InChI is InChI=1S/C17H25N3/c1-11(17(3,4)5)9-20-16-7-6-15(18)14-10-19-12(2)8-13(14)16/h6-8,10-11,20H,9,18H2,1-5H3. The molecule has 1 heterocycles. The number of nitrogens with one attached hydrogen (secondary N) is 1. The Hall–Kier alpha value is -1.77. The van der Waals surface area contributed by atoms with Gasteiger partial charge in [0, 0.05) is 40.6 Å². The summed E-state index contributed by atoms with van der Waals surface area (Å²) in [7, 11) is 0. The number of nitrogens with two attached hydrogens (primary N) is 1. The van der Waals surface area contributed by atoms with Crippen molar-refractivity contribution in [2.75, 3.05) is 17.6 Å². The maximum Gasteiger partial charge on any atom is 0.0422 e. The Morgan fingerprint density at radius 1 is 1.25 bits per heavy atom. The first kappa shape index (κ1) is 14.6. The fourth-order valence-electron chi connectivity index (χ4n) is 2.09. The Morgan fingerprint density at radius 2 is 1.95 bits per heavy atom. The summed E-state index contributed by atoms with van der Waals surface area (Å²) in [6, 6.07) is 6.10. The van der Waals surface area contributed by atoms with Crippen molar-refractivity contribution in [2.24, 2.45) is 11.3 Å². The molecule has 0 radical (unpaired) electrons. The van der Waals surface area contributed by atoms with Gasteiger partial charge in [-0.1, -0.05) is 27.7 Å². The third kappa shape index (κ3) is 3.03. The van der Waals surface area contributed by atoms with E-state index >= 15 is 0 Å². The zero-order valence-corrected chi connectivity index (χ0v) is 13.1. The molecule has 0 spiro atoms. The number of nitrogen functional groups attached to an aromatic ring is 1. The number of hydrogen-bond acceptors (Lipinski definition) is 3. The lowest BCUT2D eigenvalue weighted by Crippen LogP contribution is -2.24. The average Bonchev–Trinajstić information content (AvgIpc) is 2.36. The Balaban J connectivity index is 2.31. The molecule has 108 valence electrons. The van der Waals surface area contributed by atoms with Gasteiger partial charge in [-0.2, -0.15) is 0 Å². The maximum absolute atomic E-state index is 6.03. The predicted octanol–water partition coefficient (Wildman–Crippen LogP) is 4.22. The molecule has 3 heteroatoms. The van der Waals surface area contributed by atoms with Gasteiger partial charge in [-0.3, -0.25) is 4.98 Å². The third-order valence-corrected chi connectivity index (χ3v) is 4.15. The number of aromatic nitrogens is 1. The molecule has 0 aliphatic rings. The second-order valence-electron chi connectivity index (χ2n) is 6.72. The second kappa shape index (κ2) is 5.31. The molecule has 0 fully saturated rings. The van der Waals surface area contributed by atoms with Crippen molar-refractivity contribution < 1.29 is 0 Å². The first-order valence-electron chi connectivity index (χ1n) is 7.18. The van der Waals surface area contributed by atoms with E-state index in [1.165, 1.54) is 0 Å². The number of nitrogens with zero attached hydrogens (tertiary/aromatic N) is 1. The minimum Gasteiger partial charge on any atom is -0.398 e. The smallest absolute Gasteiger partial charge is 0.0422 e. The van der Waals surface area contributed by atoms with Crippen molar-refractivity contribution >= 4 is 22.1 Å². The molecule has 0 amide bonds. The number of benzene rings is 1. The van der Waals surface area contributed by atoms with Gasteiger partial charge in [0.2, 0.25) is 0 Å². The van der Waals surface area contributed by atoms with E-state index in [4.69, 9.17) is 5.73 Å². The topological polar surface area (TPSA) is 50.9 Å². The van der Waals surface area contributed by atoms with Crippen LogP contribution in [0.5, 0.6) is 0 Å². The van der Waals surface area contributed by atoms with Crippen molar-refractivity contribution in [3.8, 4) is 0 Å². The van der Waals surface area contributed by atoms with Crippen LogP contribution in [0.3, 0.4) is 0 Å². The molecule has 0 saturated heterocycles. The number of anilines is 2. The lowest BCUT2D eigenvalue weighted by molar-refractivity contribution is 0.274. The highest BCUT2D eigenvalue weighted by molar-refractivity contribution is 6.00. The number of aryl methyl sites for hydroxylation is 1. The summed E-state index contributed by atoms with van der Waals surface area (Å²) in [5, 5.41) is 5.73. The van der Waals surface area contributed by atoms with Gasteiger partial charge in [0.15, 0.2) is 0 Å². The summed E-state index contributed by atoms with van der Waals surface area (Å²) in [6.07, 6.45) is 1.86. The molecule has 3 N–H and O–H groups in total. The van der Waals surface area contributed by atoms with E-state index in [1.807, 2.05) is 19.2 Å². The third-order valence-electron chi connectivity index (χ3n) is 4.15. The Kier molecular flexibility index (Phi) is 3.89.